The van der Waals surface area contributed by atoms with Gasteiger partial charge in [-0.25, -0.2) is 0 Å². The van der Waals surface area contributed by atoms with Crippen molar-refractivity contribution < 1.29 is 0 Å². The lowest BCUT2D eigenvalue weighted by molar-refractivity contribution is 0.516. The Balaban J connectivity index is 2.42. The van der Waals surface area contributed by atoms with E-state index in [0.29, 0.717) is 6.04 Å². The summed E-state index contributed by atoms with van der Waals surface area (Å²) in [5, 5.41) is 0. The van der Waals surface area contributed by atoms with Gasteiger partial charge in [-0.05, 0) is 36.8 Å². The number of hydrogen-bond acceptors (Lipinski definition) is 1. The molecule has 0 spiro atoms. The molecular weight excluding hydrogens is 184 g/mol. The van der Waals surface area contributed by atoms with Crippen LogP contribution in [-0.2, 0) is 13.0 Å². The Bertz CT molecular complexity index is 276. The van der Waals surface area contributed by atoms with Crippen molar-refractivity contribution in [3.05, 3.63) is 24.0 Å². The van der Waals surface area contributed by atoms with E-state index in [1.807, 2.05) is 0 Å². The maximum atomic E-state index is 5.93. The first-order valence-corrected chi connectivity index (χ1v) is 6.02. The molecule has 0 bridgehead atoms. The fourth-order valence-electron chi connectivity index (χ4n) is 1.60. The first kappa shape index (κ1) is 12.3. The molecule has 1 atom stereocenters. The molecule has 0 amide bonds. The van der Waals surface area contributed by atoms with Gasteiger partial charge in [-0.1, -0.05) is 20.8 Å². The van der Waals surface area contributed by atoms with E-state index in [0.717, 1.165) is 25.3 Å². The molecule has 0 aliphatic rings. The summed E-state index contributed by atoms with van der Waals surface area (Å²) < 4.78 is 2.28. The molecule has 1 aromatic rings. The Kier molecular flexibility index (Phi) is 4.89. The minimum atomic E-state index is 0.311. The second kappa shape index (κ2) is 5.96. The zero-order chi connectivity index (χ0) is 11.3. The highest BCUT2D eigenvalue weighted by Gasteiger charge is 2.03. The van der Waals surface area contributed by atoms with Gasteiger partial charge in [0.2, 0.25) is 0 Å². The van der Waals surface area contributed by atoms with Gasteiger partial charge in [0.15, 0.2) is 0 Å². The highest BCUT2D eigenvalue weighted by Crippen LogP contribution is 2.08. The maximum Gasteiger partial charge on any atom is 0.0222 e. The number of nitrogens with zero attached hydrogens (tertiary/aromatic N) is 1. The van der Waals surface area contributed by atoms with E-state index >= 15 is 0 Å². The van der Waals surface area contributed by atoms with Gasteiger partial charge in [-0.15, -0.1) is 0 Å². The highest BCUT2D eigenvalue weighted by atomic mass is 14.9. The van der Waals surface area contributed by atoms with Crippen molar-refractivity contribution in [2.75, 3.05) is 0 Å². The smallest absolute Gasteiger partial charge is 0.0222 e. The summed E-state index contributed by atoms with van der Waals surface area (Å²) in [7, 11) is 0. The van der Waals surface area contributed by atoms with Gasteiger partial charge in [0.05, 0.1) is 0 Å². The van der Waals surface area contributed by atoms with Crippen LogP contribution < -0.4 is 5.73 Å². The number of aryl methyl sites for hydroxylation is 1. The van der Waals surface area contributed by atoms with Crippen molar-refractivity contribution in [2.45, 2.75) is 52.6 Å². The van der Waals surface area contributed by atoms with Gasteiger partial charge in [-0.2, -0.15) is 0 Å². The van der Waals surface area contributed by atoms with E-state index in [1.165, 1.54) is 12.0 Å². The van der Waals surface area contributed by atoms with Crippen LogP contribution in [0.25, 0.3) is 0 Å². The van der Waals surface area contributed by atoms with E-state index in [9.17, 15) is 0 Å². The van der Waals surface area contributed by atoms with Crippen LogP contribution in [-0.4, -0.2) is 10.6 Å². The third-order valence-electron chi connectivity index (χ3n) is 2.80. The number of hydrogen-bond donors (Lipinski definition) is 1. The average Bonchev–Trinajstić information content (AvgIpc) is 2.62. The molecule has 0 aliphatic heterocycles. The lowest BCUT2D eigenvalue weighted by Crippen LogP contribution is -2.21. The monoisotopic (exact) mass is 208 g/mol. The van der Waals surface area contributed by atoms with Crippen LogP contribution >= 0.6 is 0 Å². The molecule has 2 nitrogen and oxygen atoms in total. The molecular formula is C13H24N2. The van der Waals surface area contributed by atoms with Crippen LogP contribution in [0.15, 0.2) is 18.5 Å². The molecule has 1 rings (SSSR count). The SMILES string of the molecule is CCC(N)Cc1ccn(CCC(C)C)c1. The molecule has 0 saturated carbocycles. The molecule has 0 aromatic carbocycles. The van der Waals surface area contributed by atoms with Crippen LogP contribution in [0.4, 0.5) is 0 Å². The van der Waals surface area contributed by atoms with Crippen LogP contribution in [0.5, 0.6) is 0 Å². The minimum absolute atomic E-state index is 0.311. The molecule has 0 radical (unpaired) electrons. The van der Waals surface area contributed by atoms with Gasteiger partial charge in [0, 0.05) is 25.0 Å². The van der Waals surface area contributed by atoms with Crippen molar-refractivity contribution in [2.24, 2.45) is 11.7 Å². The van der Waals surface area contributed by atoms with Crippen molar-refractivity contribution in [1.82, 2.24) is 4.57 Å². The second-order valence-electron chi connectivity index (χ2n) is 4.81. The molecule has 0 saturated heterocycles. The number of rotatable bonds is 6. The lowest BCUT2D eigenvalue weighted by atomic mass is 10.1. The molecule has 0 aliphatic carbocycles. The van der Waals surface area contributed by atoms with E-state index in [4.69, 9.17) is 5.73 Å². The average molecular weight is 208 g/mol. The third kappa shape index (κ3) is 4.52. The van der Waals surface area contributed by atoms with Crippen molar-refractivity contribution >= 4 is 0 Å². The second-order valence-corrected chi connectivity index (χ2v) is 4.81. The summed E-state index contributed by atoms with van der Waals surface area (Å²) in [6, 6.07) is 2.50. The number of aromatic nitrogens is 1. The lowest BCUT2D eigenvalue weighted by Gasteiger charge is -2.07. The summed E-state index contributed by atoms with van der Waals surface area (Å²) in [6.45, 7) is 7.79. The normalized spacial score (nSPS) is 13.4. The van der Waals surface area contributed by atoms with E-state index in [2.05, 4.69) is 43.8 Å². The zero-order valence-electron chi connectivity index (χ0n) is 10.2. The predicted octanol–water partition coefficient (Wildman–Crippen LogP) is 2.81. The Labute approximate surface area is 93.5 Å². The van der Waals surface area contributed by atoms with E-state index < -0.39 is 0 Å². The summed E-state index contributed by atoms with van der Waals surface area (Å²) >= 11 is 0. The molecule has 86 valence electrons. The molecule has 0 fully saturated rings. The first-order chi connectivity index (χ1) is 7.11. The fourth-order valence-corrected chi connectivity index (χ4v) is 1.60. The minimum Gasteiger partial charge on any atom is -0.354 e. The zero-order valence-corrected chi connectivity index (χ0v) is 10.2. The van der Waals surface area contributed by atoms with E-state index in [1.54, 1.807) is 0 Å². The fraction of sp³-hybridized carbons (Fsp3) is 0.692. The van der Waals surface area contributed by atoms with Crippen LogP contribution in [0, 0.1) is 5.92 Å². The summed E-state index contributed by atoms with van der Waals surface area (Å²) in [5.41, 5.74) is 7.30. The molecule has 1 unspecified atom stereocenters. The van der Waals surface area contributed by atoms with Crippen molar-refractivity contribution in [1.29, 1.82) is 0 Å². The summed E-state index contributed by atoms with van der Waals surface area (Å²) in [6.07, 6.45) is 7.70. The third-order valence-corrected chi connectivity index (χ3v) is 2.80. The molecule has 2 N–H and O–H groups in total. The first-order valence-electron chi connectivity index (χ1n) is 6.02. The highest BCUT2D eigenvalue weighted by molar-refractivity contribution is 5.11. The molecule has 1 aromatic heterocycles. The van der Waals surface area contributed by atoms with Crippen LogP contribution in [0.3, 0.4) is 0 Å². The quantitative estimate of drug-likeness (QED) is 0.765. The standard InChI is InChI=1S/C13H24N2/c1-4-13(14)9-12-6-8-15(10-12)7-5-11(2)3/h6,8,10-11,13H,4-5,7,9,14H2,1-3H3. The largest absolute Gasteiger partial charge is 0.354 e. The number of nitrogens with two attached hydrogens (primary N) is 1. The Morgan fingerprint density at radius 1 is 1.40 bits per heavy atom. The Morgan fingerprint density at radius 3 is 2.73 bits per heavy atom. The summed E-state index contributed by atoms with van der Waals surface area (Å²) in [4.78, 5) is 0. The van der Waals surface area contributed by atoms with Crippen molar-refractivity contribution in [3.8, 4) is 0 Å². The van der Waals surface area contributed by atoms with Gasteiger partial charge in [-0.3, -0.25) is 0 Å². The topological polar surface area (TPSA) is 30.9 Å². The maximum absolute atomic E-state index is 5.93. The van der Waals surface area contributed by atoms with Crippen molar-refractivity contribution in [3.63, 3.8) is 0 Å². The Morgan fingerprint density at radius 2 is 2.13 bits per heavy atom. The predicted molar refractivity (Wildman–Crippen MR) is 65.9 cm³/mol. The molecule has 2 heteroatoms. The molecule has 1 heterocycles. The van der Waals surface area contributed by atoms with E-state index in [-0.39, 0.29) is 0 Å². The van der Waals surface area contributed by atoms with Gasteiger partial charge >= 0.3 is 0 Å². The van der Waals surface area contributed by atoms with Crippen LogP contribution in [0.1, 0.15) is 39.2 Å². The van der Waals surface area contributed by atoms with Gasteiger partial charge in [0.1, 0.15) is 0 Å². The van der Waals surface area contributed by atoms with Gasteiger partial charge < -0.3 is 10.3 Å². The Hall–Kier alpha value is -0.760. The van der Waals surface area contributed by atoms with Gasteiger partial charge in [0.25, 0.3) is 0 Å². The molecule has 15 heavy (non-hydrogen) atoms. The van der Waals surface area contributed by atoms with Crippen LogP contribution in [0.2, 0.25) is 0 Å². The summed E-state index contributed by atoms with van der Waals surface area (Å²) in [5.74, 6) is 0.772.